The van der Waals surface area contributed by atoms with E-state index in [4.69, 9.17) is 15.6 Å². The Balaban J connectivity index is 1.27. The van der Waals surface area contributed by atoms with E-state index >= 15 is 0 Å². The van der Waals surface area contributed by atoms with Crippen LogP contribution in [0.3, 0.4) is 0 Å². The van der Waals surface area contributed by atoms with Gasteiger partial charge in [-0.05, 0) is 23.6 Å². The molecule has 1 atom stereocenters. The second kappa shape index (κ2) is 8.78. The Morgan fingerprint density at radius 3 is 2.83 bits per heavy atom. The molecule has 0 amide bonds. The van der Waals surface area contributed by atoms with Crippen LogP contribution in [0.15, 0.2) is 42.0 Å². The quantitative estimate of drug-likeness (QED) is 0.455. The van der Waals surface area contributed by atoms with E-state index in [1.165, 1.54) is 11.3 Å². The van der Waals surface area contributed by atoms with Crippen LogP contribution in [0.25, 0.3) is 16.2 Å². The van der Waals surface area contributed by atoms with E-state index in [1.54, 1.807) is 11.3 Å². The topological polar surface area (TPSA) is 93.6 Å². The summed E-state index contributed by atoms with van der Waals surface area (Å²) in [5.41, 5.74) is 8.27. The van der Waals surface area contributed by atoms with Crippen molar-refractivity contribution in [2.24, 2.45) is 5.73 Å². The monoisotopic (exact) mass is 441 g/mol. The number of hydrogen-bond acceptors (Lipinski definition) is 9. The van der Waals surface area contributed by atoms with E-state index in [2.05, 4.69) is 20.2 Å². The minimum absolute atomic E-state index is 0.222. The number of aromatic nitrogens is 4. The Bertz CT molecular complexity index is 1080. The molecule has 0 spiro atoms. The van der Waals surface area contributed by atoms with Crippen LogP contribution >= 0.6 is 22.7 Å². The van der Waals surface area contributed by atoms with Crippen molar-refractivity contribution in [2.75, 3.05) is 44.7 Å². The lowest BCUT2D eigenvalue weighted by Gasteiger charge is -2.26. The maximum atomic E-state index is 6.38. The third kappa shape index (κ3) is 4.09. The highest BCUT2D eigenvalue weighted by Gasteiger charge is 2.18. The van der Waals surface area contributed by atoms with Crippen LogP contribution in [0.5, 0.6) is 0 Å². The van der Waals surface area contributed by atoms with Crippen LogP contribution < -0.4 is 11.1 Å². The SMILES string of the molecule is NC(c1cccs1)c1nn2c(-c3ccc(NCCN4CCOCC4)nc3)cnc2s1. The zero-order chi connectivity index (χ0) is 20.3. The van der Waals surface area contributed by atoms with E-state index in [0.717, 1.165) is 71.3 Å². The fourth-order valence-electron chi connectivity index (χ4n) is 3.44. The second-order valence-corrected chi connectivity index (χ2v) is 9.05. The van der Waals surface area contributed by atoms with Crippen LogP contribution in [0.2, 0.25) is 0 Å². The largest absolute Gasteiger partial charge is 0.379 e. The molecule has 1 fully saturated rings. The van der Waals surface area contributed by atoms with E-state index in [0.29, 0.717) is 0 Å². The van der Waals surface area contributed by atoms with Gasteiger partial charge in [-0.3, -0.25) is 4.90 Å². The van der Waals surface area contributed by atoms with Crippen LogP contribution in [-0.4, -0.2) is 63.9 Å². The van der Waals surface area contributed by atoms with Gasteiger partial charge in [-0.15, -0.1) is 11.3 Å². The lowest BCUT2D eigenvalue weighted by Crippen LogP contribution is -2.39. The minimum Gasteiger partial charge on any atom is -0.379 e. The van der Waals surface area contributed by atoms with Crippen molar-refractivity contribution in [2.45, 2.75) is 6.04 Å². The van der Waals surface area contributed by atoms with E-state index < -0.39 is 0 Å². The first-order valence-electron chi connectivity index (χ1n) is 9.92. The summed E-state index contributed by atoms with van der Waals surface area (Å²) < 4.78 is 7.24. The third-order valence-corrected chi connectivity index (χ3v) is 7.07. The Morgan fingerprint density at radius 2 is 2.07 bits per heavy atom. The number of thiophene rings is 1. The number of nitrogens with zero attached hydrogens (tertiary/aromatic N) is 5. The van der Waals surface area contributed by atoms with Crippen LogP contribution in [-0.2, 0) is 4.74 Å². The van der Waals surface area contributed by atoms with Crippen molar-refractivity contribution in [3.63, 3.8) is 0 Å². The van der Waals surface area contributed by atoms with Crippen molar-refractivity contribution in [3.8, 4) is 11.3 Å². The molecule has 5 heterocycles. The molecule has 1 saturated heterocycles. The first-order valence-corrected chi connectivity index (χ1v) is 11.6. The molecule has 3 N–H and O–H groups in total. The summed E-state index contributed by atoms with van der Waals surface area (Å²) in [4.78, 5) is 13.4. The van der Waals surface area contributed by atoms with Crippen molar-refractivity contribution < 1.29 is 4.74 Å². The number of fused-ring (bicyclic) bond motifs is 1. The maximum Gasteiger partial charge on any atom is 0.212 e. The molecule has 4 aromatic rings. The third-order valence-electron chi connectivity index (χ3n) is 5.11. The molecule has 1 aliphatic rings. The zero-order valence-corrected chi connectivity index (χ0v) is 18.0. The van der Waals surface area contributed by atoms with Gasteiger partial charge >= 0.3 is 0 Å². The molecular weight excluding hydrogens is 418 g/mol. The summed E-state index contributed by atoms with van der Waals surface area (Å²) >= 11 is 3.16. The smallest absolute Gasteiger partial charge is 0.212 e. The summed E-state index contributed by atoms with van der Waals surface area (Å²) in [6.07, 6.45) is 3.70. The predicted octanol–water partition coefficient (Wildman–Crippen LogP) is 2.71. The summed E-state index contributed by atoms with van der Waals surface area (Å²) in [5, 5.41) is 11.0. The number of anilines is 1. The Labute approximate surface area is 182 Å². The Kier molecular flexibility index (Phi) is 5.73. The molecule has 1 aliphatic heterocycles. The lowest BCUT2D eigenvalue weighted by molar-refractivity contribution is 0.0398. The molecule has 1 unspecified atom stereocenters. The minimum atomic E-state index is -0.222. The Hall–Kier alpha value is -2.37. The van der Waals surface area contributed by atoms with Gasteiger partial charge in [0, 0.05) is 42.8 Å². The normalized spacial score (nSPS) is 16.2. The summed E-state index contributed by atoms with van der Waals surface area (Å²) in [7, 11) is 0. The van der Waals surface area contributed by atoms with Crippen LogP contribution in [0, 0.1) is 0 Å². The van der Waals surface area contributed by atoms with Gasteiger partial charge in [-0.1, -0.05) is 17.4 Å². The number of hydrogen-bond donors (Lipinski definition) is 2. The molecule has 4 aromatic heterocycles. The zero-order valence-electron chi connectivity index (χ0n) is 16.4. The van der Waals surface area contributed by atoms with Crippen molar-refractivity contribution >= 4 is 33.5 Å². The molecule has 10 heteroatoms. The first kappa shape index (κ1) is 19.6. The highest BCUT2D eigenvalue weighted by Crippen LogP contribution is 2.30. The van der Waals surface area contributed by atoms with Gasteiger partial charge < -0.3 is 15.8 Å². The fraction of sp³-hybridized carbons (Fsp3) is 0.350. The number of nitrogens with two attached hydrogens (primary N) is 1. The number of rotatable bonds is 7. The van der Waals surface area contributed by atoms with E-state index in [1.807, 2.05) is 46.6 Å². The van der Waals surface area contributed by atoms with Crippen LogP contribution in [0.4, 0.5) is 5.82 Å². The van der Waals surface area contributed by atoms with Gasteiger partial charge in [0.05, 0.1) is 31.1 Å². The van der Waals surface area contributed by atoms with Crippen LogP contribution in [0.1, 0.15) is 15.9 Å². The van der Waals surface area contributed by atoms with Gasteiger partial charge in [0.25, 0.3) is 0 Å². The molecule has 0 aromatic carbocycles. The molecule has 0 bridgehead atoms. The summed E-state index contributed by atoms with van der Waals surface area (Å²) in [6, 6.07) is 7.87. The molecular formula is C20H23N7OS2. The average molecular weight is 442 g/mol. The summed E-state index contributed by atoms with van der Waals surface area (Å²) in [5.74, 6) is 0.867. The lowest BCUT2D eigenvalue weighted by atomic mass is 10.2. The number of pyridine rings is 1. The molecule has 0 radical (unpaired) electrons. The highest BCUT2D eigenvalue weighted by atomic mass is 32.1. The van der Waals surface area contributed by atoms with Crippen molar-refractivity contribution in [1.82, 2.24) is 24.5 Å². The number of morpholine rings is 1. The second-order valence-electron chi connectivity index (χ2n) is 7.08. The molecule has 8 nitrogen and oxygen atoms in total. The average Bonchev–Trinajstić information content (AvgIpc) is 3.52. The van der Waals surface area contributed by atoms with E-state index in [9.17, 15) is 0 Å². The molecule has 156 valence electrons. The molecule has 0 aliphatic carbocycles. The number of nitrogens with one attached hydrogen (secondary N) is 1. The van der Waals surface area contributed by atoms with Gasteiger partial charge in [0.15, 0.2) is 0 Å². The van der Waals surface area contributed by atoms with Gasteiger partial charge in [-0.2, -0.15) is 5.10 Å². The van der Waals surface area contributed by atoms with Gasteiger partial charge in [0.1, 0.15) is 10.8 Å². The summed E-state index contributed by atoms with van der Waals surface area (Å²) in [6.45, 7) is 5.49. The van der Waals surface area contributed by atoms with E-state index in [-0.39, 0.29) is 6.04 Å². The van der Waals surface area contributed by atoms with Gasteiger partial charge in [-0.25, -0.2) is 14.5 Å². The Morgan fingerprint density at radius 1 is 1.17 bits per heavy atom. The first-order chi connectivity index (χ1) is 14.8. The van der Waals surface area contributed by atoms with Crippen molar-refractivity contribution in [3.05, 3.63) is 51.9 Å². The highest BCUT2D eigenvalue weighted by molar-refractivity contribution is 7.17. The molecule has 30 heavy (non-hydrogen) atoms. The molecule has 5 rings (SSSR count). The maximum absolute atomic E-state index is 6.38. The van der Waals surface area contributed by atoms with Crippen molar-refractivity contribution in [1.29, 1.82) is 0 Å². The number of imidazole rings is 1. The number of ether oxygens (including phenoxy) is 1. The standard InChI is InChI=1S/C20H23N7OS2/c21-18(16-2-1-11-29-16)19-25-27-15(13-24-20(27)30-19)14-3-4-17(23-12-14)22-5-6-26-7-9-28-10-8-26/h1-4,11-13,18H,5-10,21H2,(H,22,23). The van der Waals surface area contributed by atoms with Gasteiger partial charge in [0.2, 0.25) is 4.96 Å². The molecule has 0 saturated carbocycles. The fourth-order valence-corrected chi connectivity index (χ4v) is 5.14. The predicted molar refractivity (Wildman–Crippen MR) is 120 cm³/mol.